The summed E-state index contributed by atoms with van der Waals surface area (Å²) in [6.45, 7) is 1.66. The molecule has 172 valence electrons. The molecular weight excluding hydrogens is 426 g/mol. The highest BCUT2D eigenvalue weighted by Gasteiger charge is 2.22. The number of aromatic nitrogens is 1. The van der Waals surface area contributed by atoms with Gasteiger partial charge in [0.25, 0.3) is 11.5 Å². The maximum Gasteiger partial charge on any atom is 0.254 e. The standard InChI is InChI=1S/C24H25N3O6/c1-31-16-7-8-19(21(13-16)32-2)25-22(28)15-27-20-6-4-3-5-17(20)18(14-23(27)29)24(30)26-9-11-33-12-10-26/h3-8,13-14H,9-12,15H2,1-2H3,(H,25,28). The van der Waals surface area contributed by atoms with E-state index in [1.807, 2.05) is 0 Å². The number of rotatable bonds is 6. The number of anilines is 1. The number of hydrogen-bond donors (Lipinski definition) is 1. The van der Waals surface area contributed by atoms with E-state index in [9.17, 15) is 14.4 Å². The monoisotopic (exact) mass is 451 g/mol. The third kappa shape index (κ3) is 4.68. The van der Waals surface area contributed by atoms with Crippen LogP contribution in [0.25, 0.3) is 10.9 Å². The Morgan fingerprint density at radius 2 is 1.79 bits per heavy atom. The average Bonchev–Trinajstić information content (AvgIpc) is 2.85. The Morgan fingerprint density at radius 1 is 1.03 bits per heavy atom. The molecule has 1 saturated heterocycles. The van der Waals surface area contributed by atoms with Gasteiger partial charge in [0.2, 0.25) is 5.91 Å². The molecule has 3 aromatic rings. The molecule has 1 aliphatic heterocycles. The fourth-order valence-electron chi connectivity index (χ4n) is 3.85. The molecular formula is C24H25N3O6. The zero-order valence-electron chi connectivity index (χ0n) is 18.5. The summed E-state index contributed by atoms with van der Waals surface area (Å²) in [6, 6.07) is 13.4. The number of pyridine rings is 1. The van der Waals surface area contributed by atoms with Gasteiger partial charge in [-0.05, 0) is 18.2 Å². The van der Waals surface area contributed by atoms with Crippen LogP contribution >= 0.6 is 0 Å². The highest BCUT2D eigenvalue weighted by molar-refractivity contribution is 6.06. The van der Waals surface area contributed by atoms with Crippen LogP contribution < -0.4 is 20.3 Å². The van der Waals surface area contributed by atoms with Crippen molar-refractivity contribution < 1.29 is 23.8 Å². The minimum atomic E-state index is -0.429. The maximum atomic E-state index is 13.1. The summed E-state index contributed by atoms with van der Waals surface area (Å²) < 4.78 is 17.2. The number of carbonyl (C=O) groups is 2. The second-order valence-corrected chi connectivity index (χ2v) is 7.52. The summed E-state index contributed by atoms with van der Waals surface area (Å²) in [5.41, 5.74) is 0.867. The number of para-hydroxylation sites is 1. The first-order chi connectivity index (χ1) is 16.0. The van der Waals surface area contributed by atoms with Crippen molar-refractivity contribution in [3.8, 4) is 11.5 Å². The Bertz CT molecular complexity index is 1250. The Hall–Kier alpha value is -3.85. The maximum absolute atomic E-state index is 13.1. The van der Waals surface area contributed by atoms with E-state index in [1.165, 1.54) is 24.9 Å². The lowest BCUT2D eigenvalue weighted by molar-refractivity contribution is -0.116. The van der Waals surface area contributed by atoms with Gasteiger partial charge >= 0.3 is 0 Å². The molecule has 1 aliphatic rings. The summed E-state index contributed by atoms with van der Waals surface area (Å²) in [7, 11) is 3.03. The van der Waals surface area contributed by atoms with Gasteiger partial charge in [-0.2, -0.15) is 0 Å². The molecule has 1 N–H and O–H groups in total. The smallest absolute Gasteiger partial charge is 0.254 e. The summed E-state index contributed by atoms with van der Waals surface area (Å²) >= 11 is 0. The molecule has 0 radical (unpaired) electrons. The van der Waals surface area contributed by atoms with Crippen LogP contribution in [0.1, 0.15) is 10.4 Å². The van der Waals surface area contributed by atoms with Crippen molar-refractivity contribution in [1.82, 2.24) is 9.47 Å². The Morgan fingerprint density at radius 3 is 2.52 bits per heavy atom. The van der Waals surface area contributed by atoms with Gasteiger partial charge in [-0.1, -0.05) is 18.2 Å². The number of nitrogens with zero attached hydrogens (tertiary/aromatic N) is 2. The second-order valence-electron chi connectivity index (χ2n) is 7.52. The Balaban J connectivity index is 1.64. The van der Waals surface area contributed by atoms with Gasteiger partial charge in [0.1, 0.15) is 18.0 Å². The molecule has 2 aromatic carbocycles. The molecule has 1 fully saturated rings. The van der Waals surface area contributed by atoms with Crippen LogP contribution in [-0.4, -0.2) is 61.8 Å². The van der Waals surface area contributed by atoms with Gasteiger partial charge in [0.05, 0.1) is 44.2 Å². The number of fused-ring (bicyclic) bond motifs is 1. The number of nitrogens with one attached hydrogen (secondary N) is 1. The van der Waals surface area contributed by atoms with Crippen molar-refractivity contribution in [2.24, 2.45) is 0 Å². The van der Waals surface area contributed by atoms with Crippen molar-refractivity contribution in [2.45, 2.75) is 6.54 Å². The summed E-state index contributed by atoms with van der Waals surface area (Å²) in [6.07, 6.45) is 0. The van der Waals surface area contributed by atoms with Crippen LogP contribution in [0.15, 0.2) is 53.3 Å². The van der Waals surface area contributed by atoms with Crippen molar-refractivity contribution in [2.75, 3.05) is 45.8 Å². The molecule has 0 aliphatic carbocycles. The first-order valence-corrected chi connectivity index (χ1v) is 10.5. The van der Waals surface area contributed by atoms with Crippen LogP contribution in [0, 0.1) is 0 Å². The minimum Gasteiger partial charge on any atom is -0.497 e. The predicted molar refractivity (Wildman–Crippen MR) is 123 cm³/mol. The molecule has 4 rings (SSSR count). The largest absolute Gasteiger partial charge is 0.497 e. The van der Waals surface area contributed by atoms with E-state index in [2.05, 4.69) is 5.32 Å². The van der Waals surface area contributed by atoms with Crippen molar-refractivity contribution in [1.29, 1.82) is 0 Å². The molecule has 33 heavy (non-hydrogen) atoms. The normalized spacial score (nSPS) is 13.6. The van der Waals surface area contributed by atoms with Gasteiger partial charge in [0.15, 0.2) is 0 Å². The number of ether oxygens (including phenoxy) is 3. The van der Waals surface area contributed by atoms with Crippen LogP contribution in [0.5, 0.6) is 11.5 Å². The molecule has 9 heteroatoms. The zero-order chi connectivity index (χ0) is 23.4. The lowest BCUT2D eigenvalue weighted by Gasteiger charge is -2.27. The highest BCUT2D eigenvalue weighted by atomic mass is 16.5. The molecule has 0 unspecified atom stereocenters. The van der Waals surface area contributed by atoms with Crippen LogP contribution in [0.4, 0.5) is 5.69 Å². The first-order valence-electron chi connectivity index (χ1n) is 10.5. The lowest BCUT2D eigenvalue weighted by atomic mass is 10.1. The Labute approximate surface area is 190 Å². The lowest BCUT2D eigenvalue weighted by Crippen LogP contribution is -2.41. The SMILES string of the molecule is COc1ccc(NC(=O)Cn2c(=O)cc(C(=O)N3CCOCC3)c3ccccc32)c(OC)c1. The number of morpholine rings is 1. The fraction of sp³-hybridized carbons (Fsp3) is 0.292. The van der Waals surface area contributed by atoms with E-state index in [0.717, 1.165) is 0 Å². The number of methoxy groups -OCH3 is 2. The van der Waals surface area contributed by atoms with Crippen LogP contribution in [-0.2, 0) is 16.1 Å². The van der Waals surface area contributed by atoms with E-state index in [4.69, 9.17) is 14.2 Å². The van der Waals surface area contributed by atoms with Crippen molar-refractivity contribution >= 4 is 28.4 Å². The van der Waals surface area contributed by atoms with Gasteiger partial charge < -0.3 is 24.4 Å². The van der Waals surface area contributed by atoms with E-state index in [1.54, 1.807) is 47.4 Å². The van der Waals surface area contributed by atoms with Crippen molar-refractivity contribution in [3.63, 3.8) is 0 Å². The number of carbonyl (C=O) groups excluding carboxylic acids is 2. The molecule has 2 amide bonds. The molecule has 2 heterocycles. The molecule has 1 aromatic heterocycles. The summed E-state index contributed by atoms with van der Waals surface area (Å²) in [5.74, 6) is 0.406. The van der Waals surface area contributed by atoms with Crippen molar-refractivity contribution in [3.05, 3.63) is 64.4 Å². The van der Waals surface area contributed by atoms with Crippen LogP contribution in [0.3, 0.4) is 0 Å². The number of benzene rings is 2. The number of hydrogen-bond acceptors (Lipinski definition) is 6. The van der Waals surface area contributed by atoms with Gasteiger partial charge in [-0.3, -0.25) is 19.0 Å². The fourth-order valence-corrected chi connectivity index (χ4v) is 3.85. The van der Waals surface area contributed by atoms with Crippen LogP contribution in [0.2, 0.25) is 0 Å². The molecule has 9 nitrogen and oxygen atoms in total. The summed E-state index contributed by atoms with van der Waals surface area (Å²) in [4.78, 5) is 40.6. The molecule has 0 spiro atoms. The van der Waals surface area contributed by atoms with E-state index >= 15 is 0 Å². The van der Waals surface area contributed by atoms with Gasteiger partial charge in [0, 0.05) is 30.6 Å². The number of amides is 2. The van der Waals surface area contributed by atoms with Gasteiger partial charge in [-0.15, -0.1) is 0 Å². The average molecular weight is 451 g/mol. The highest BCUT2D eigenvalue weighted by Crippen LogP contribution is 2.29. The molecule has 0 bridgehead atoms. The first kappa shape index (κ1) is 22.3. The second kappa shape index (κ2) is 9.74. The molecule has 0 saturated carbocycles. The summed E-state index contributed by atoms with van der Waals surface area (Å²) in [5, 5.41) is 3.39. The quantitative estimate of drug-likeness (QED) is 0.617. The third-order valence-corrected chi connectivity index (χ3v) is 5.53. The predicted octanol–water partition coefficient (Wildman–Crippen LogP) is 2.13. The van der Waals surface area contributed by atoms with E-state index in [0.29, 0.717) is 60.0 Å². The Kier molecular flexibility index (Phi) is 6.60. The molecule has 0 atom stereocenters. The topological polar surface area (TPSA) is 99.1 Å². The zero-order valence-corrected chi connectivity index (χ0v) is 18.5. The van der Waals surface area contributed by atoms with Gasteiger partial charge in [-0.25, -0.2) is 0 Å². The van der Waals surface area contributed by atoms with E-state index < -0.39 is 11.5 Å². The minimum absolute atomic E-state index is 0.217. The third-order valence-electron chi connectivity index (χ3n) is 5.53. The van der Waals surface area contributed by atoms with E-state index in [-0.39, 0.29) is 12.5 Å².